The fraction of sp³-hybridized carbons (Fsp3) is 0.125. The zero-order valence-electron chi connectivity index (χ0n) is 16.5. The Balaban J connectivity index is 1.52. The van der Waals surface area contributed by atoms with E-state index in [9.17, 15) is 4.79 Å². The highest BCUT2D eigenvalue weighted by Gasteiger charge is 2.11. The number of pyridine rings is 1. The van der Waals surface area contributed by atoms with Crippen LogP contribution in [0.2, 0.25) is 0 Å². The molecule has 1 N–H and O–H groups in total. The first kappa shape index (κ1) is 18.6. The van der Waals surface area contributed by atoms with Gasteiger partial charge in [-0.2, -0.15) is 5.10 Å². The average Bonchev–Trinajstić information content (AvgIpc) is 3.08. The minimum atomic E-state index is -0.182. The molecule has 4 aromatic rings. The van der Waals surface area contributed by atoms with Crippen LogP contribution in [-0.4, -0.2) is 20.7 Å². The Morgan fingerprint density at radius 2 is 1.72 bits per heavy atom. The van der Waals surface area contributed by atoms with Gasteiger partial charge >= 0.3 is 0 Å². The molecule has 2 aromatic heterocycles. The van der Waals surface area contributed by atoms with Crippen molar-refractivity contribution in [1.82, 2.24) is 14.8 Å². The second kappa shape index (κ2) is 8.10. The van der Waals surface area contributed by atoms with Gasteiger partial charge in [0.15, 0.2) is 5.82 Å². The van der Waals surface area contributed by atoms with Crippen molar-refractivity contribution < 1.29 is 4.79 Å². The quantitative estimate of drug-likeness (QED) is 0.543. The first-order valence-electron chi connectivity index (χ1n) is 9.53. The second-order valence-electron chi connectivity index (χ2n) is 7.02. The smallest absolute Gasteiger partial charge is 0.257 e. The first-order valence-corrected chi connectivity index (χ1v) is 9.53. The minimum Gasteiger partial charge on any atom is -0.322 e. The molecule has 0 atom stereocenters. The fourth-order valence-electron chi connectivity index (χ4n) is 3.31. The van der Waals surface area contributed by atoms with E-state index in [1.165, 1.54) is 5.56 Å². The summed E-state index contributed by atoms with van der Waals surface area (Å²) < 4.78 is 1.77. The molecule has 0 aliphatic rings. The molecule has 1 amide bonds. The van der Waals surface area contributed by atoms with Gasteiger partial charge in [0.1, 0.15) is 0 Å². The highest BCUT2D eigenvalue weighted by Crippen LogP contribution is 2.20. The Bertz CT molecular complexity index is 1130. The van der Waals surface area contributed by atoms with Gasteiger partial charge in [-0.05, 0) is 55.7 Å². The summed E-state index contributed by atoms with van der Waals surface area (Å²) in [6.07, 6.45) is 2.34. The SMILES string of the molecule is Cc1cc(C)n(-c2ccc(C(=O)Nc3ccccc3Cc3ccccc3)cn2)n1. The molecule has 2 heterocycles. The molecule has 4 rings (SSSR count). The lowest BCUT2D eigenvalue weighted by Crippen LogP contribution is -2.14. The van der Waals surface area contributed by atoms with Gasteiger partial charge in [0, 0.05) is 17.6 Å². The summed E-state index contributed by atoms with van der Waals surface area (Å²) in [6, 6.07) is 23.7. The van der Waals surface area contributed by atoms with Gasteiger partial charge in [-0.3, -0.25) is 4.79 Å². The van der Waals surface area contributed by atoms with Gasteiger partial charge in [-0.1, -0.05) is 48.5 Å². The topological polar surface area (TPSA) is 59.8 Å². The summed E-state index contributed by atoms with van der Waals surface area (Å²) in [5.74, 6) is 0.509. The van der Waals surface area contributed by atoms with E-state index in [-0.39, 0.29) is 5.91 Å². The maximum atomic E-state index is 12.8. The normalized spacial score (nSPS) is 10.7. The number of amides is 1. The number of benzene rings is 2. The maximum absolute atomic E-state index is 12.8. The summed E-state index contributed by atoms with van der Waals surface area (Å²) in [7, 11) is 0. The third kappa shape index (κ3) is 4.24. The van der Waals surface area contributed by atoms with Crippen molar-refractivity contribution in [2.24, 2.45) is 0 Å². The van der Waals surface area contributed by atoms with Crippen LogP contribution in [0.3, 0.4) is 0 Å². The van der Waals surface area contributed by atoms with Crippen molar-refractivity contribution in [1.29, 1.82) is 0 Å². The summed E-state index contributed by atoms with van der Waals surface area (Å²) in [6.45, 7) is 3.92. The van der Waals surface area contributed by atoms with E-state index in [1.54, 1.807) is 16.9 Å². The number of aryl methyl sites for hydroxylation is 2. The highest BCUT2D eigenvalue weighted by atomic mass is 16.1. The van der Waals surface area contributed by atoms with Gasteiger partial charge in [-0.15, -0.1) is 0 Å². The van der Waals surface area contributed by atoms with Crippen LogP contribution in [0.5, 0.6) is 0 Å². The zero-order valence-corrected chi connectivity index (χ0v) is 16.5. The number of rotatable bonds is 5. The number of carbonyl (C=O) groups is 1. The minimum absolute atomic E-state index is 0.182. The monoisotopic (exact) mass is 382 g/mol. The second-order valence-corrected chi connectivity index (χ2v) is 7.02. The van der Waals surface area contributed by atoms with Crippen molar-refractivity contribution in [3.63, 3.8) is 0 Å². The molecular formula is C24H22N4O. The summed E-state index contributed by atoms with van der Waals surface area (Å²) in [5, 5.41) is 7.45. The van der Waals surface area contributed by atoms with Crippen LogP contribution in [0, 0.1) is 13.8 Å². The van der Waals surface area contributed by atoms with E-state index in [0.717, 1.165) is 29.1 Å². The molecule has 0 bridgehead atoms. The molecule has 0 saturated carbocycles. The van der Waals surface area contributed by atoms with Crippen LogP contribution in [0.15, 0.2) is 79.0 Å². The maximum Gasteiger partial charge on any atom is 0.257 e. The molecular weight excluding hydrogens is 360 g/mol. The first-order chi connectivity index (χ1) is 14.1. The lowest BCUT2D eigenvalue weighted by atomic mass is 10.0. The third-order valence-corrected chi connectivity index (χ3v) is 4.74. The van der Waals surface area contributed by atoms with Gasteiger partial charge in [0.25, 0.3) is 5.91 Å². The Morgan fingerprint density at radius 1 is 0.966 bits per heavy atom. The van der Waals surface area contributed by atoms with Crippen molar-refractivity contribution >= 4 is 11.6 Å². The Kier molecular flexibility index (Phi) is 5.20. The molecule has 0 saturated heterocycles. The summed E-state index contributed by atoms with van der Waals surface area (Å²) >= 11 is 0. The van der Waals surface area contributed by atoms with Crippen LogP contribution in [0.4, 0.5) is 5.69 Å². The van der Waals surface area contributed by atoms with E-state index >= 15 is 0 Å². The molecule has 5 nitrogen and oxygen atoms in total. The molecule has 0 spiro atoms. The molecule has 2 aromatic carbocycles. The van der Waals surface area contributed by atoms with Gasteiger partial charge in [0.05, 0.1) is 11.3 Å². The molecule has 0 aliphatic carbocycles. The predicted molar refractivity (Wildman–Crippen MR) is 114 cm³/mol. The van der Waals surface area contributed by atoms with Gasteiger partial charge in [0.2, 0.25) is 0 Å². The Hall–Kier alpha value is -3.73. The number of hydrogen-bond donors (Lipinski definition) is 1. The number of anilines is 1. The average molecular weight is 382 g/mol. The van der Waals surface area contributed by atoms with E-state index in [2.05, 4.69) is 27.5 Å². The van der Waals surface area contributed by atoms with Crippen molar-refractivity contribution in [2.75, 3.05) is 5.32 Å². The number of hydrogen-bond acceptors (Lipinski definition) is 3. The molecule has 29 heavy (non-hydrogen) atoms. The third-order valence-electron chi connectivity index (χ3n) is 4.74. The van der Waals surface area contributed by atoms with Gasteiger partial charge < -0.3 is 5.32 Å². The number of para-hydroxylation sites is 1. The molecule has 0 aliphatic heterocycles. The molecule has 5 heteroatoms. The van der Waals surface area contributed by atoms with E-state index < -0.39 is 0 Å². The lowest BCUT2D eigenvalue weighted by Gasteiger charge is -2.11. The van der Waals surface area contributed by atoms with Crippen LogP contribution in [-0.2, 0) is 6.42 Å². The predicted octanol–water partition coefficient (Wildman–Crippen LogP) is 4.73. The number of nitrogens with one attached hydrogen (secondary N) is 1. The van der Waals surface area contributed by atoms with E-state index in [0.29, 0.717) is 11.4 Å². The van der Waals surface area contributed by atoms with Crippen LogP contribution < -0.4 is 5.32 Å². The molecule has 144 valence electrons. The lowest BCUT2D eigenvalue weighted by molar-refractivity contribution is 0.102. The summed E-state index contributed by atoms with van der Waals surface area (Å²) in [4.78, 5) is 17.2. The van der Waals surface area contributed by atoms with E-state index in [4.69, 9.17) is 0 Å². The standard InChI is InChI=1S/C24H22N4O/c1-17-14-18(2)28(27-17)23-13-12-21(16-25-23)24(29)26-22-11-7-6-10-20(22)15-19-8-4-3-5-9-19/h3-14,16H,15H2,1-2H3,(H,26,29). The fourth-order valence-corrected chi connectivity index (χ4v) is 3.31. The van der Waals surface area contributed by atoms with E-state index in [1.807, 2.05) is 68.4 Å². The Labute approximate surface area is 170 Å². The molecule has 0 radical (unpaired) electrons. The van der Waals surface area contributed by atoms with Crippen LogP contribution in [0.1, 0.15) is 32.9 Å². The van der Waals surface area contributed by atoms with Crippen LogP contribution in [0.25, 0.3) is 5.82 Å². The zero-order chi connectivity index (χ0) is 20.2. The van der Waals surface area contributed by atoms with Crippen molar-refractivity contribution in [3.8, 4) is 5.82 Å². The number of nitrogens with zero attached hydrogens (tertiary/aromatic N) is 3. The van der Waals surface area contributed by atoms with Crippen LogP contribution >= 0.6 is 0 Å². The van der Waals surface area contributed by atoms with Crippen molar-refractivity contribution in [3.05, 3.63) is 107 Å². The van der Waals surface area contributed by atoms with Gasteiger partial charge in [-0.25, -0.2) is 9.67 Å². The van der Waals surface area contributed by atoms with Crippen molar-refractivity contribution in [2.45, 2.75) is 20.3 Å². The Morgan fingerprint density at radius 3 is 2.41 bits per heavy atom. The molecule has 0 unspecified atom stereocenters. The number of aromatic nitrogens is 3. The number of carbonyl (C=O) groups excluding carboxylic acids is 1. The summed E-state index contributed by atoms with van der Waals surface area (Å²) in [5.41, 5.74) is 5.52. The largest absolute Gasteiger partial charge is 0.322 e. The highest BCUT2D eigenvalue weighted by molar-refractivity contribution is 6.04. The molecule has 0 fully saturated rings.